The number of nitrogens with zero attached hydrogens (tertiary/aromatic N) is 3. The number of hydrogen-bond donors (Lipinski definition) is 0. The Morgan fingerprint density at radius 3 is 2.63 bits per heavy atom. The van der Waals surface area contributed by atoms with Crippen molar-refractivity contribution in [2.45, 2.75) is 19.6 Å². The van der Waals surface area contributed by atoms with E-state index in [0.717, 1.165) is 12.1 Å². The van der Waals surface area contributed by atoms with Crippen LogP contribution in [0.2, 0.25) is 0 Å². The van der Waals surface area contributed by atoms with Crippen LogP contribution in [0.1, 0.15) is 12.5 Å². The number of halogens is 3. The molecule has 0 fully saturated rings. The molecule has 0 atom stereocenters. The number of fused-ring (bicyclic) bond motifs is 3. The zero-order valence-corrected chi connectivity index (χ0v) is 15.8. The molecule has 0 N–H and O–H groups in total. The van der Waals surface area contributed by atoms with Gasteiger partial charge in [-0.15, -0.1) is 0 Å². The number of rotatable bonds is 4. The van der Waals surface area contributed by atoms with E-state index in [1.54, 1.807) is 31.2 Å². The Balaban J connectivity index is 1.73. The van der Waals surface area contributed by atoms with Gasteiger partial charge in [0.25, 0.3) is 0 Å². The minimum absolute atomic E-state index is 0.137. The summed E-state index contributed by atoms with van der Waals surface area (Å²) in [6.45, 7) is 1.59. The van der Waals surface area contributed by atoms with Crippen molar-refractivity contribution in [3.63, 3.8) is 0 Å². The molecule has 4 rings (SSSR count). The summed E-state index contributed by atoms with van der Waals surface area (Å²) in [6.07, 6.45) is -3.19. The first kappa shape index (κ1) is 19.7. The molecule has 0 bridgehead atoms. The molecule has 30 heavy (non-hydrogen) atoms. The molecular formula is C21H16F3N3O3. The number of alkyl halides is 3. The highest BCUT2D eigenvalue weighted by atomic mass is 19.4. The van der Waals surface area contributed by atoms with Crippen molar-refractivity contribution in [3.05, 3.63) is 70.7 Å². The first-order chi connectivity index (χ1) is 14.3. The average molecular weight is 415 g/mol. The maximum absolute atomic E-state index is 13.0. The second-order valence-electron chi connectivity index (χ2n) is 6.64. The summed E-state index contributed by atoms with van der Waals surface area (Å²) in [5.74, 6) is -0.459. The highest BCUT2D eigenvalue weighted by molar-refractivity contribution is 6.03. The first-order valence-corrected chi connectivity index (χ1v) is 9.14. The number of carbonyl (C=O) groups excluding carboxylic acids is 1. The summed E-state index contributed by atoms with van der Waals surface area (Å²) in [7, 11) is 0. The highest BCUT2D eigenvalue weighted by Gasteiger charge is 2.31. The smallest absolute Gasteiger partial charge is 0.416 e. The fourth-order valence-corrected chi connectivity index (χ4v) is 3.41. The van der Waals surface area contributed by atoms with E-state index >= 15 is 0 Å². The van der Waals surface area contributed by atoms with Crippen molar-refractivity contribution in [1.29, 1.82) is 0 Å². The highest BCUT2D eigenvalue weighted by Crippen LogP contribution is 2.32. The van der Waals surface area contributed by atoms with Crippen molar-refractivity contribution in [1.82, 2.24) is 9.78 Å². The van der Waals surface area contributed by atoms with Gasteiger partial charge in [-0.1, -0.05) is 18.2 Å². The molecule has 1 amide bonds. The summed E-state index contributed by atoms with van der Waals surface area (Å²) in [6, 6.07) is 11.5. The largest absolute Gasteiger partial charge is 0.422 e. The summed E-state index contributed by atoms with van der Waals surface area (Å²) >= 11 is 0. The Morgan fingerprint density at radius 1 is 1.13 bits per heavy atom. The molecule has 6 nitrogen and oxygen atoms in total. The summed E-state index contributed by atoms with van der Waals surface area (Å²) in [5.41, 5.74) is -0.477. The summed E-state index contributed by atoms with van der Waals surface area (Å²) < 4.78 is 45.8. The maximum atomic E-state index is 13.0. The van der Waals surface area contributed by atoms with Crippen LogP contribution in [0.4, 0.5) is 18.9 Å². The standard InChI is InChI=1S/C21H16F3N3O3/c1-2-26(14-7-5-6-13(10-14)21(22,23)24)18(28)12-27-19-15-8-3-4-9-17(15)30-20(29)16(19)11-25-27/h3-11H,2,12H2,1H3. The third kappa shape index (κ3) is 3.42. The number of likely N-dealkylation sites (N-methyl/N-ethyl adjacent to an activating group) is 1. The number of para-hydroxylation sites is 1. The zero-order chi connectivity index (χ0) is 21.5. The van der Waals surface area contributed by atoms with Gasteiger partial charge < -0.3 is 9.32 Å². The van der Waals surface area contributed by atoms with Crippen LogP contribution in [0.15, 0.2) is 63.9 Å². The molecule has 4 aromatic rings. The van der Waals surface area contributed by atoms with E-state index in [2.05, 4.69) is 5.10 Å². The van der Waals surface area contributed by atoms with Gasteiger partial charge in [-0.3, -0.25) is 9.48 Å². The Bertz CT molecular complexity index is 1310. The minimum Gasteiger partial charge on any atom is -0.422 e. The molecule has 2 aromatic carbocycles. The van der Waals surface area contributed by atoms with Crippen LogP contribution in [0.3, 0.4) is 0 Å². The molecule has 2 aromatic heterocycles. The van der Waals surface area contributed by atoms with Gasteiger partial charge in [-0.25, -0.2) is 4.79 Å². The van der Waals surface area contributed by atoms with Gasteiger partial charge in [0.1, 0.15) is 17.5 Å². The predicted octanol–water partition coefficient (Wildman–Crippen LogP) is 4.21. The van der Waals surface area contributed by atoms with Crippen molar-refractivity contribution in [2.75, 3.05) is 11.4 Å². The van der Waals surface area contributed by atoms with Crippen molar-refractivity contribution >= 4 is 33.5 Å². The zero-order valence-electron chi connectivity index (χ0n) is 15.8. The number of benzene rings is 2. The monoisotopic (exact) mass is 415 g/mol. The Kier molecular flexibility index (Phi) is 4.81. The number of amides is 1. The van der Waals surface area contributed by atoms with E-state index < -0.39 is 23.3 Å². The van der Waals surface area contributed by atoms with Crippen LogP contribution < -0.4 is 10.5 Å². The second-order valence-corrected chi connectivity index (χ2v) is 6.64. The van der Waals surface area contributed by atoms with Gasteiger partial charge >= 0.3 is 11.8 Å². The lowest BCUT2D eigenvalue weighted by molar-refractivity contribution is -0.137. The van der Waals surface area contributed by atoms with E-state index in [0.29, 0.717) is 16.5 Å². The lowest BCUT2D eigenvalue weighted by atomic mass is 10.1. The summed E-state index contributed by atoms with van der Waals surface area (Å²) in [4.78, 5) is 26.4. The molecule has 0 aliphatic heterocycles. The predicted molar refractivity (Wildman–Crippen MR) is 105 cm³/mol. The molecule has 154 valence electrons. The Morgan fingerprint density at radius 2 is 1.90 bits per heavy atom. The van der Waals surface area contributed by atoms with Gasteiger partial charge in [0, 0.05) is 17.6 Å². The van der Waals surface area contributed by atoms with E-state index in [-0.39, 0.29) is 24.2 Å². The quantitative estimate of drug-likeness (QED) is 0.468. The fourth-order valence-electron chi connectivity index (χ4n) is 3.41. The van der Waals surface area contributed by atoms with Gasteiger partial charge in [-0.05, 0) is 37.3 Å². The van der Waals surface area contributed by atoms with E-state index in [1.807, 2.05) is 0 Å². The maximum Gasteiger partial charge on any atom is 0.416 e. The molecule has 0 saturated heterocycles. The molecule has 0 saturated carbocycles. The Hall–Kier alpha value is -3.62. The van der Waals surface area contributed by atoms with E-state index in [1.165, 1.54) is 27.9 Å². The number of carbonyl (C=O) groups is 1. The van der Waals surface area contributed by atoms with Crippen LogP contribution in [-0.2, 0) is 17.5 Å². The molecule has 2 heterocycles. The van der Waals surface area contributed by atoms with Crippen LogP contribution in [0, 0.1) is 0 Å². The van der Waals surface area contributed by atoms with Crippen molar-refractivity contribution in [2.24, 2.45) is 0 Å². The molecular weight excluding hydrogens is 399 g/mol. The molecule has 0 unspecified atom stereocenters. The molecule has 0 spiro atoms. The lowest BCUT2D eigenvalue weighted by Crippen LogP contribution is -2.34. The van der Waals surface area contributed by atoms with Gasteiger partial charge in [-0.2, -0.15) is 18.3 Å². The van der Waals surface area contributed by atoms with Gasteiger partial charge in [0.2, 0.25) is 5.91 Å². The minimum atomic E-state index is -4.51. The fraction of sp³-hybridized carbons (Fsp3) is 0.190. The summed E-state index contributed by atoms with van der Waals surface area (Å²) in [5, 5.41) is 4.98. The number of hydrogen-bond acceptors (Lipinski definition) is 4. The van der Waals surface area contributed by atoms with Crippen LogP contribution in [-0.4, -0.2) is 22.2 Å². The second kappa shape index (κ2) is 7.33. The molecule has 0 aliphatic carbocycles. The average Bonchev–Trinajstić information content (AvgIpc) is 3.13. The SMILES string of the molecule is CCN(C(=O)Cn1ncc2c(=O)oc3ccccc3c21)c1cccc(C(F)(F)F)c1. The third-order valence-corrected chi connectivity index (χ3v) is 4.79. The van der Waals surface area contributed by atoms with Gasteiger partial charge in [0.15, 0.2) is 0 Å². The third-order valence-electron chi connectivity index (χ3n) is 4.79. The normalized spacial score (nSPS) is 11.9. The van der Waals surface area contributed by atoms with E-state index in [4.69, 9.17) is 4.42 Å². The number of anilines is 1. The van der Waals surface area contributed by atoms with Gasteiger partial charge in [0.05, 0.1) is 17.3 Å². The van der Waals surface area contributed by atoms with Crippen molar-refractivity contribution in [3.8, 4) is 0 Å². The van der Waals surface area contributed by atoms with Crippen LogP contribution in [0.25, 0.3) is 21.9 Å². The van der Waals surface area contributed by atoms with Crippen LogP contribution in [0.5, 0.6) is 0 Å². The number of aromatic nitrogens is 2. The molecule has 9 heteroatoms. The van der Waals surface area contributed by atoms with Crippen molar-refractivity contribution < 1.29 is 22.4 Å². The molecule has 0 aliphatic rings. The topological polar surface area (TPSA) is 68.3 Å². The lowest BCUT2D eigenvalue weighted by Gasteiger charge is -2.22. The Labute approximate surface area is 168 Å². The molecule has 0 radical (unpaired) electrons. The first-order valence-electron chi connectivity index (χ1n) is 9.14. The van der Waals surface area contributed by atoms with E-state index in [9.17, 15) is 22.8 Å². The van der Waals surface area contributed by atoms with Crippen LogP contribution >= 0.6 is 0 Å².